The second-order valence-electron chi connectivity index (χ2n) is 6.36. The van der Waals surface area contributed by atoms with E-state index in [1.54, 1.807) is 24.4 Å². The molecule has 0 spiro atoms. The fourth-order valence-corrected chi connectivity index (χ4v) is 3.31. The largest absolute Gasteiger partial charge is 0.379 e. The maximum absolute atomic E-state index is 11.2. The predicted molar refractivity (Wildman–Crippen MR) is 101 cm³/mol. The predicted octanol–water partition coefficient (Wildman–Crippen LogP) is 3.75. The standard InChI is InChI=1S/C19H19N5O2/c25-24(26)17-7-6-16(19-15(17)4-3-9-20-19)21-12-14-5-8-18(22-13-14)23-10-1-2-11-23/h3-9,13,21H,1-2,10-12H2. The van der Waals surface area contributed by atoms with Crippen LogP contribution in [0.25, 0.3) is 10.9 Å². The first kappa shape index (κ1) is 16.3. The average Bonchev–Trinajstić information content (AvgIpc) is 3.21. The molecular weight excluding hydrogens is 330 g/mol. The lowest BCUT2D eigenvalue weighted by Gasteiger charge is -2.16. The molecule has 3 heterocycles. The van der Waals surface area contributed by atoms with E-state index in [0.29, 0.717) is 17.4 Å². The highest BCUT2D eigenvalue weighted by Gasteiger charge is 2.15. The maximum atomic E-state index is 11.2. The molecule has 0 radical (unpaired) electrons. The Labute approximate surface area is 150 Å². The van der Waals surface area contributed by atoms with Crippen molar-refractivity contribution in [2.45, 2.75) is 19.4 Å². The third-order valence-corrected chi connectivity index (χ3v) is 4.67. The van der Waals surface area contributed by atoms with Gasteiger partial charge < -0.3 is 10.2 Å². The lowest BCUT2D eigenvalue weighted by Crippen LogP contribution is -2.18. The summed E-state index contributed by atoms with van der Waals surface area (Å²) in [7, 11) is 0. The number of nitro benzene ring substituents is 1. The number of non-ortho nitro benzene ring substituents is 1. The van der Waals surface area contributed by atoms with E-state index in [9.17, 15) is 10.1 Å². The minimum absolute atomic E-state index is 0.0651. The Kier molecular flexibility index (Phi) is 4.35. The molecule has 0 unspecified atom stereocenters. The number of nitrogens with zero attached hydrogens (tertiary/aromatic N) is 4. The van der Waals surface area contributed by atoms with Gasteiger partial charge >= 0.3 is 0 Å². The third kappa shape index (κ3) is 3.15. The van der Waals surface area contributed by atoms with Gasteiger partial charge in [-0.2, -0.15) is 0 Å². The van der Waals surface area contributed by atoms with Crippen molar-refractivity contribution >= 4 is 28.1 Å². The fraction of sp³-hybridized carbons (Fsp3) is 0.263. The number of hydrogen-bond donors (Lipinski definition) is 1. The molecule has 4 rings (SSSR count). The van der Waals surface area contributed by atoms with Crippen molar-refractivity contribution in [3.8, 4) is 0 Å². The fourth-order valence-electron chi connectivity index (χ4n) is 3.31. The van der Waals surface area contributed by atoms with Crippen LogP contribution in [0.4, 0.5) is 17.2 Å². The normalized spacial score (nSPS) is 13.9. The van der Waals surface area contributed by atoms with Gasteiger partial charge in [0, 0.05) is 38.1 Å². The Hall–Kier alpha value is -3.22. The van der Waals surface area contributed by atoms with Gasteiger partial charge in [0.25, 0.3) is 5.69 Å². The van der Waals surface area contributed by atoms with Crippen LogP contribution >= 0.6 is 0 Å². The summed E-state index contributed by atoms with van der Waals surface area (Å²) in [6, 6.07) is 10.8. The zero-order chi connectivity index (χ0) is 17.9. The molecule has 1 fully saturated rings. The molecule has 7 heteroatoms. The van der Waals surface area contributed by atoms with Crippen LogP contribution in [-0.2, 0) is 6.54 Å². The number of benzene rings is 1. The first-order valence-corrected chi connectivity index (χ1v) is 8.68. The zero-order valence-corrected chi connectivity index (χ0v) is 14.3. The van der Waals surface area contributed by atoms with E-state index in [0.717, 1.165) is 30.2 Å². The Morgan fingerprint density at radius 2 is 1.96 bits per heavy atom. The van der Waals surface area contributed by atoms with Crippen molar-refractivity contribution in [3.63, 3.8) is 0 Å². The van der Waals surface area contributed by atoms with E-state index in [4.69, 9.17) is 0 Å². The number of anilines is 2. The molecule has 1 saturated heterocycles. The van der Waals surface area contributed by atoms with Gasteiger partial charge in [0.2, 0.25) is 0 Å². The van der Waals surface area contributed by atoms with Gasteiger partial charge in [-0.3, -0.25) is 15.1 Å². The van der Waals surface area contributed by atoms with Gasteiger partial charge in [-0.25, -0.2) is 4.98 Å². The molecule has 2 aromatic heterocycles. The summed E-state index contributed by atoms with van der Waals surface area (Å²) in [5.41, 5.74) is 2.49. The molecule has 0 atom stereocenters. The molecule has 1 N–H and O–H groups in total. The van der Waals surface area contributed by atoms with Crippen LogP contribution < -0.4 is 10.2 Å². The van der Waals surface area contributed by atoms with Gasteiger partial charge in [-0.15, -0.1) is 0 Å². The molecule has 7 nitrogen and oxygen atoms in total. The molecule has 0 saturated carbocycles. The Balaban J connectivity index is 1.53. The number of pyridine rings is 2. The number of nitro groups is 1. The quantitative estimate of drug-likeness (QED) is 0.558. The van der Waals surface area contributed by atoms with Crippen LogP contribution in [0.15, 0.2) is 48.8 Å². The van der Waals surface area contributed by atoms with E-state index >= 15 is 0 Å². The van der Waals surface area contributed by atoms with Crippen molar-refractivity contribution < 1.29 is 4.92 Å². The zero-order valence-electron chi connectivity index (χ0n) is 14.3. The van der Waals surface area contributed by atoms with Crippen LogP contribution in [-0.4, -0.2) is 28.0 Å². The first-order valence-electron chi connectivity index (χ1n) is 8.68. The van der Waals surface area contributed by atoms with Gasteiger partial charge in [-0.1, -0.05) is 6.07 Å². The van der Waals surface area contributed by atoms with E-state index in [2.05, 4.69) is 32.3 Å². The van der Waals surface area contributed by atoms with Crippen LogP contribution in [0.5, 0.6) is 0 Å². The van der Waals surface area contributed by atoms with Crippen molar-refractivity contribution in [2.24, 2.45) is 0 Å². The van der Waals surface area contributed by atoms with E-state index in [1.165, 1.54) is 18.9 Å². The second kappa shape index (κ2) is 6.95. The highest BCUT2D eigenvalue weighted by Crippen LogP contribution is 2.30. The van der Waals surface area contributed by atoms with Crippen LogP contribution in [0.2, 0.25) is 0 Å². The summed E-state index contributed by atoms with van der Waals surface area (Å²) in [6.45, 7) is 2.73. The third-order valence-electron chi connectivity index (χ3n) is 4.67. The monoisotopic (exact) mass is 349 g/mol. The number of hydrogen-bond acceptors (Lipinski definition) is 6. The molecule has 0 amide bonds. The van der Waals surface area contributed by atoms with Crippen molar-refractivity contribution in [2.75, 3.05) is 23.3 Å². The first-order chi connectivity index (χ1) is 12.7. The van der Waals surface area contributed by atoms with Gasteiger partial charge in [0.05, 0.1) is 16.0 Å². The molecule has 132 valence electrons. The van der Waals surface area contributed by atoms with Crippen molar-refractivity contribution in [1.82, 2.24) is 9.97 Å². The lowest BCUT2D eigenvalue weighted by atomic mass is 10.1. The summed E-state index contributed by atoms with van der Waals surface area (Å²) in [5, 5.41) is 15.0. The minimum atomic E-state index is -0.380. The molecule has 0 aliphatic carbocycles. The number of nitrogens with one attached hydrogen (secondary N) is 1. The second-order valence-corrected chi connectivity index (χ2v) is 6.36. The topological polar surface area (TPSA) is 84.2 Å². The molecular formula is C19H19N5O2. The summed E-state index contributed by atoms with van der Waals surface area (Å²) in [6.07, 6.45) is 5.97. The SMILES string of the molecule is O=[N+]([O-])c1ccc(NCc2ccc(N3CCCC3)nc2)c2ncccc12. The van der Waals surface area contributed by atoms with Crippen molar-refractivity contribution in [1.29, 1.82) is 0 Å². The van der Waals surface area contributed by atoms with Crippen molar-refractivity contribution in [3.05, 3.63) is 64.5 Å². The Morgan fingerprint density at radius 3 is 2.69 bits per heavy atom. The summed E-state index contributed by atoms with van der Waals surface area (Å²) >= 11 is 0. The van der Waals surface area contributed by atoms with E-state index in [1.807, 2.05) is 6.20 Å². The Bertz CT molecular complexity index is 936. The summed E-state index contributed by atoms with van der Waals surface area (Å²) in [5.74, 6) is 1.02. The van der Waals surface area contributed by atoms with Crippen LogP contribution in [0.3, 0.4) is 0 Å². The van der Waals surface area contributed by atoms with Crippen LogP contribution in [0.1, 0.15) is 18.4 Å². The lowest BCUT2D eigenvalue weighted by molar-refractivity contribution is -0.383. The number of rotatable bonds is 5. The van der Waals surface area contributed by atoms with E-state index in [-0.39, 0.29) is 10.6 Å². The van der Waals surface area contributed by atoms with Crippen LogP contribution in [0, 0.1) is 10.1 Å². The highest BCUT2D eigenvalue weighted by molar-refractivity contribution is 5.96. The average molecular weight is 349 g/mol. The molecule has 1 aliphatic heterocycles. The molecule has 3 aromatic rings. The summed E-state index contributed by atoms with van der Waals surface area (Å²) in [4.78, 5) is 22.0. The molecule has 0 bridgehead atoms. The van der Waals surface area contributed by atoms with Gasteiger partial charge in [0.15, 0.2) is 0 Å². The summed E-state index contributed by atoms with van der Waals surface area (Å²) < 4.78 is 0. The number of fused-ring (bicyclic) bond motifs is 1. The number of aromatic nitrogens is 2. The maximum Gasteiger partial charge on any atom is 0.278 e. The minimum Gasteiger partial charge on any atom is -0.379 e. The Morgan fingerprint density at radius 1 is 1.12 bits per heavy atom. The highest BCUT2D eigenvalue weighted by atomic mass is 16.6. The smallest absolute Gasteiger partial charge is 0.278 e. The molecule has 1 aromatic carbocycles. The molecule has 26 heavy (non-hydrogen) atoms. The van der Waals surface area contributed by atoms with Gasteiger partial charge in [0.1, 0.15) is 11.3 Å². The van der Waals surface area contributed by atoms with Gasteiger partial charge in [-0.05, 0) is 42.7 Å². The molecule has 1 aliphatic rings. The van der Waals surface area contributed by atoms with E-state index < -0.39 is 0 Å².